The van der Waals surface area contributed by atoms with E-state index in [-0.39, 0.29) is 36.3 Å². The van der Waals surface area contributed by atoms with Crippen molar-refractivity contribution in [3.8, 4) is 5.88 Å². The number of ether oxygens (including phenoxy) is 1. The first kappa shape index (κ1) is 22.4. The average Bonchev–Trinajstić information content (AvgIpc) is 3.08. The van der Waals surface area contributed by atoms with E-state index in [2.05, 4.69) is 30.0 Å². The van der Waals surface area contributed by atoms with Gasteiger partial charge in [-0.2, -0.15) is 22.5 Å². The lowest BCUT2D eigenvalue weighted by Gasteiger charge is -2.10. The molecule has 0 aliphatic heterocycles. The van der Waals surface area contributed by atoms with Gasteiger partial charge < -0.3 is 20.5 Å². The van der Waals surface area contributed by atoms with Gasteiger partial charge in [-0.1, -0.05) is 6.07 Å². The smallest absolute Gasteiger partial charge is 0.434 e. The molecule has 0 saturated carbocycles. The molecule has 3 aromatic heterocycles. The largest absolute Gasteiger partial charge is 0.478 e. The number of carbonyl (C=O) groups excluding carboxylic acids is 1. The van der Waals surface area contributed by atoms with Gasteiger partial charge >= 0.3 is 6.18 Å². The maximum absolute atomic E-state index is 12.8. The van der Waals surface area contributed by atoms with Crippen LogP contribution in [-0.2, 0) is 6.18 Å². The van der Waals surface area contributed by atoms with Crippen molar-refractivity contribution in [1.29, 1.82) is 0 Å². The summed E-state index contributed by atoms with van der Waals surface area (Å²) in [5.74, 6) is 0.0268. The van der Waals surface area contributed by atoms with Crippen LogP contribution in [0.5, 0.6) is 5.88 Å². The summed E-state index contributed by atoms with van der Waals surface area (Å²) in [5.41, 5.74) is -0.510. The van der Waals surface area contributed by atoms with Crippen LogP contribution in [0.15, 0.2) is 30.6 Å². The number of anilines is 3. The predicted molar refractivity (Wildman–Crippen MR) is 107 cm³/mol. The Bertz CT molecular complexity index is 1040. The number of hydrogen-bond acceptors (Lipinski definition) is 9. The first-order valence-corrected chi connectivity index (χ1v) is 9.70. The third kappa shape index (κ3) is 5.86. The first-order chi connectivity index (χ1) is 14.8. The summed E-state index contributed by atoms with van der Waals surface area (Å²) >= 11 is 0.956. The number of rotatable bonds is 8. The molecule has 164 valence electrons. The third-order valence-corrected chi connectivity index (χ3v) is 4.65. The average molecular weight is 454 g/mol. The van der Waals surface area contributed by atoms with Crippen molar-refractivity contribution in [1.82, 2.24) is 19.3 Å². The van der Waals surface area contributed by atoms with Crippen molar-refractivity contribution < 1.29 is 27.8 Å². The quantitative estimate of drug-likeness (QED) is 0.443. The van der Waals surface area contributed by atoms with Crippen LogP contribution >= 0.6 is 11.5 Å². The molecular formula is C18H17F3N6O3S. The van der Waals surface area contributed by atoms with Crippen LogP contribution in [0.2, 0.25) is 0 Å². The zero-order valence-electron chi connectivity index (χ0n) is 16.1. The van der Waals surface area contributed by atoms with Gasteiger partial charge in [-0.3, -0.25) is 4.79 Å². The van der Waals surface area contributed by atoms with Crippen molar-refractivity contribution >= 4 is 34.1 Å². The number of aliphatic hydroxyl groups is 1. The van der Waals surface area contributed by atoms with E-state index in [1.165, 1.54) is 0 Å². The number of alkyl halides is 3. The Hall–Kier alpha value is -3.32. The third-order valence-electron chi connectivity index (χ3n) is 3.79. The lowest BCUT2D eigenvalue weighted by molar-refractivity contribution is -0.141. The normalized spacial score (nSPS) is 11.3. The molecular weight excluding hydrogens is 437 g/mol. The molecule has 0 fully saturated rings. The summed E-state index contributed by atoms with van der Waals surface area (Å²) in [6.07, 6.45) is -2.63. The molecule has 0 aliphatic rings. The van der Waals surface area contributed by atoms with E-state index in [0.29, 0.717) is 23.3 Å². The summed E-state index contributed by atoms with van der Waals surface area (Å²) in [6.45, 7) is 1.88. The predicted octanol–water partition coefficient (Wildman–Crippen LogP) is 3.41. The van der Waals surface area contributed by atoms with Gasteiger partial charge in [0, 0.05) is 19.1 Å². The standard InChI is InChI=1S/C18H17F3N6O3S/c1-10-15(16(29)25-12-4-2-5-14(24-12)30-7-3-6-28)17(31-27-10)26-13-9-22-11(8-23-13)18(19,20)21/h2,4-5,8-9,28H,3,6-7H2,1H3,(H,23,26)(H,24,25,29). The highest BCUT2D eigenvalue weighted by atomic mass is 32.1. The highest BCUT2D eigenvalue weighted by Crippen LogP contribution is 2.30. The van der Waals surface area contributed by atoms with Crippen LogP contribution in [0.3, 0.4) is 0 Å². The molecule has 3 aromatic rings. The van der Waals surface area contributed by atoms with E-state index >= 15 is 0 Å². The number of hydrogen-bond donors (Lipinski definition) is 3. The monoisotopic (exact) mass is 454 g/mol. The van der Waals surface area contributed by atoms with Gasteiger partial charge in [0.15, 0.2) is 5.69 Å². The number of carbonyl (C=O) groups is 1. The molecule has 1 amide bonds. The molecule has 3 rings (SSSR count). The number of halogens is 3. The lowest BCUT2D eigenvalue weighted by atomic mass is 10.2. The van der Waals surface area contributed by atoms with Crippen molar-refractivity contribution in [2.45, 2.75) is 19.5 Å². The topological polar surface area (TPSA) is 122 Å². The van der Waals surface area contributed by atoms with Gasteiger partial charge in [-0.15, -0.1) is 0 Å². The molecule has 0 radical (unpaired) electrons. The summed E-state index contributed by atoms with van der Waals surface area (Å²) in [5, 5.41) is 14.5. The van der Waals surface area contributed by atoms with Crippen molar-refractivity contribution in [2.24, 2.45) is 0 Å². The molecule has 0 saturated heterocycles. The van der Waals surface area contributed by atoms with Gasteiger partial charge in [-0.05, 0) is 24.5 Å². The van der Waals surface area contributed by atoms with Crippen LogP contribution in [0, 0.1) is 6.92 Å². The Kier molecular flexibility index (Phi) is 6.97. The molecule has 31 heavy (non-hydrogen) atoms. The van der Waals surface area contributed by atoms with E-state index in [9.17, 15) is 18.0 Å². The van der Waals surface area contributed by atoms with Crippen LogP contribution in [0.25, 0.3) is 0 Å². The van der Waals surface area contributed by atoms with E-state index in [1.54, 1.807) is 25.1 Å². The minimum Gasteiger partial charge on any atom is -0.478 e. The molecule has 0 atom stereocenters. The number of aryl methyl sites for hydroxylation is 1. The fourth-order valence-electron chi connectivity index (χ4n) is 2.36. The number of pyridine rings is 1. The second-order valence-electron chi connectivity index (χ2n) is 6.12. The van der Waals surface area contributed by atoms with Crippen molar-refractivity contribution in [2.75, 3.05) is 23.8 Å². The minimum atomic E-state index is -4.60. The van der Waals surface area contributed by atoms with Gasteiger partial charge in [0.1, 0.15) is 16.6 Å². The summed E-state index contributed by atoms with van der Waals surface area (Å²) in [4.78, 5) is 24.0. The fourth-order valence-corrected chi connectivity index (χ4v) is 3.16. The first-order valence-electron chi connectivity index (χ1n) is 8.92. The van der Waals surface area contributed by atoms with Crippen molar-refractivity contribution in [3.05, 3.63) is 47.5 Å². The molecule has 13 heteroatoms. The highest BCUT2D eigenvalue weighted by molar-refractivity contribution is 7.10. The Balaban J connectivity index is 1.73. The molecule has 0 aliphatic carbocycles. The van der Waals surface area contributed by atoms with Gasteiger partial charge in [-0.25, -0.2) is 9.97 Å². The second-order valence-corrected chi connectivity index (χ2v) is 6.90. The van der Waals surface area contributed by atoms with Crippen LogP contribution in [0.1, 0.15) is 28.2 Å². The molecule has 0 bridgehead atoms. The Morgan fingerprint density at radius 1 is 1.23 bits per heavy atom. The minimum absolute atomic E-state index is 0.0139. The zero-order chi connectivity index (χ0) is 22.4. The van der Waals surface area contributed by atoms with Crippen LogP contribution in [0.4, 0.5) is 29.8 Å². The summed E-state index contributed by atoms with van der Waals surface area (Å²) in [6, 6.07) is 4.83. The molecule has 0 spiro atoms. The molecule has 3 N–H and O–H groups in total. The number of amides is 1. The SMILES string of the molecule is Cc1nsc(Nc2cnc(C(F)(F)F)cn2)c1C(=O)Nc1cccc(OCCCO)n1. The van der Waals surface area contributed by atoms with Crippen molar-refractivity contribution in [3.63, 3.8) is 0 Å². The molecule has 3 heterocycles. The van der Waals surface area contributed by atoms with Crippen LogP contribution in [-0.4, -0.2) is 43.6 Å². The van der Waals surface area contributed by atoms with Gasteiger partial charge in [0.2, 0.25) is 5.88 Å². The van der Waals surface area contributed by atoms with E-state index in [4.69, 9.17) is 9.84 Å². The number of aliphatic hydroxyl groups excluding tert-OH is 1. The molecule has 9 nitrogen and oxygen atoms in total. The van der Waals surface area contributed by atoms with Gasteiger partial charge in [0.05, 0.1) is 30.3 Å². The van der Waals surface area contributed by atoms with E-state index < -0.39 is 17.8 Å². The summed E-state index contributed by atoms with van der Waals surface area (Å²) < 4.78 is 47.4. The van der Waals surface area contributed by atoms with E-state index in [0.717, 1.165) is 17.7 Å². The maximum atomic E-state index is 12.8. The highest BCUT2D eigenvalue weighted by Gasteiger charge is 2.32. The fraction of sp³-hybridized carbons (Fsp3) is 0.278. The Labute approximate surface area is 178 Å². The second kappa shape index (κ2) is 9.66. The van der Waals surface area contributed by atoms with Gasteiger partial charge in [0.25, 0.3) is 5.91 Å². The Morgan fingerprint density at radius 3 is 2.71 bits per heavy atom. The summed E-state index contributed by atoms with van der Waals surface area (Å²) in [7, 11) is 0. The zero-order valence-corrected chi connectivity index (χ0v) is 16.9. The number of nitrogens with zero attached hydrogens (tertiary/aromatic N) is 4. The lowest BCUT2D eigenvalue weighted by Crippen LogP contribution is -2.15. The van der Waals surface area contributed by atoms with Crippen LogP contribution < -0.4 is 15.4 Å². The number of aromatic nitrogens is 4. The molecule has 0 unspecified atom stereocenters. The maximum Gasteiger partial charge on any atom is 0.434 e. The van der Waals surface area contributed by atoms with E-state index in [1.807, 2.05) is 0 Å². The Morgan fingerprint density at radius 2 is 2.03 bits per heavy atom. The molecule has 0 aromatic carbocycles. The number of nitrogens with one attached hydrogen (secondary N) is 2.